The van der Waals surface area contributed by atoms with Gasteiger partial charge < -0.3 is 5.32 Å². The lowest BCUT2D eigenvalue weighted by Crippen LogP contribution is -2.26. The molecule has 2 nitrogen and oxygen atoms in total. The van der Waals surface area contributed by atoms with E-state index in [4.69, 9.17) is 0 Å². The highest BCUT2D eigenvalue weighted by Gasteiger charge is 2.13. The summed E-state index contributed by atoms with van der Waals surface area (Å²) >= 11 is 2.12. The first kappa shape index (κ1) is 12.9. The molecule has 100 valence electrons. The maximum atomic E-state index is 4.50. The van der Waals surface area contributed by atoms with Gasteiger partial charge in [0.15, 0.2) is 0 Å². The van der Waals surface area contributed by atoms with E-state index in [-0.39, 0.29) is 0 Å². The van der Waals surface area contributed by atoms with Crippen molar-refractivity contribution in [3.05, 3.63) is 42.1 Å². The van der Waals surface area contributed by atoms with E-state index in [9.17, 15) is 0 Å². The fraction of sp³-hybridized carbons (Fsp3) is 0.438. The molecule has 1 aliphatic heterocycles. The first-order chi connectivity index (χ1) is 9.43. The van der Waals surface area contributed by atoms with Gasteiger partial charge >= 0.3 is 0 Å². The Morgan fingerprint density at radius 3 is 3.05 bits per heavy atom. The Kier molecular flexibility index (Phi) is 4.36. The van der Waals surface area contributed by atoms with Crippen molar-refractivity contribution in [1.29, 1.82) is 0 Å². The minimum absolute atomic E-state index is 0.802. The van der Waals surface area contributed by atoms with Crippen LogP contribution in [-0.4, -0.2) is 22.5 Å². The Hall–Kier alpha value is -1.06. The second-order valence-corrected chi connectivity index (χ2v) is 6.52. The summed E-state index contributed by atoms with van der Waals surface area (Å²) in [6.07, 6.45) is 6.04. The summed E-state index contributed by atoms with van der Waals surface area (Å²) in [5.74, 6) is 1.34. The number of aromatic nitrogens is 1. The van der Waals surface area contributed by atoms with Crippen LogP contribution in [-0.2, 0) is 6.54 Å². The molecule has 1 atom stereocenters. The number of nitrogens with zero attached hydrogens (tertiary/aromatic N) is 1. The van der Waals surface area contributed by atoms with Crippen LogP contribution in [0, 0.1) is 0 Å². The van der Waals surface area contributed by atoms with Gasteiger partial charge in [-0.25, -0.2) is 0 Å². The van der Waals surface area contributed by atoms with E-state index in [2.05, 4.69) is 46.3 Å². The van der Waals surface area contributed by atoms with Gasteiger partial charge in [-0.3, -0.25) is 4.98 Å². The highest BCUT2D eigenvalue weighted by molar-refractivity contribution is 7.99. The number of para-hydroxylation sites is 1. The van der Waals surface area contributed by atoms with Crippen molar-refractivity contribution >= 4 is 22.7 Å². The molecule has 1 saturated heterocycles. The molecule has 1 aromatic heterocycles. The Labute approximate surface area is 119 Å². The quantitative estimate of drug-likeness (QED) is 0.920. The molecular formula is C16H20N2S. The molecule has 3 rings (SSSR count). The third kappa shape index (κ3) is 3.28. The highest BCUT2D eigenvalue weighted by Crippen LogP contribution is 2.24. The Balaban J connectivity index is 1.62. The van der Waals surface area contributed by atoms with Gasteiger partial charge in [-0.1, -0.05) is 30.7 Å². The molecule has 0 radical (unpaired) electrons. The van der Waals surface area contributed by atoms with E-state index in [1.54, 1.807) is 0 Å². The lowest BCUT2D eigenvalue weighted by atomic mass is 10.1. The summed E-state index contributed by atoms with van der Waals surface area (Å²) < 4.78 is 0. The Bertz CT molecular complexity index is 530. The topological polar surface area (TPSA) is 24.9 Å². The fourth-order valence-electron chi connectivity index (χ4n) is 2.65. The van der Waals surface area contributed by atoms with E-state index in [0.29, 0.717) is 0 Å². The monoisotopic (exact) mass is 272 g/mol. The number of hydrogen-bond acceptors (Lipinski definition) is 3. The van der Waals surface area contributed by atoms with E-state index in [0.717, 1.165) is 23.9 Å². The third-order valence-electron chi connectivity index (χ3n) is 3.68. The second kappa shape index (κ2) is 6.40. The maximum absolute atomic E-state index is 4.50. The molecule has 2 aromatic rings. The molecule has 1 N–H and O–H groups in total. The molecule has 19 heavy (non-hydrogen) atoms. The zero-order chi connectivity index (χ0) is 12.9. The van der Waals surface area contributed by atoms with Crippen LogP contribution < -0.4 is 5.32 Å². The highest BCUT2D eigenvalue weighted by atomic mass is 32.2. The van der Waals surface area contributed by atoms with Crippen molar-refractivity contribution in [2.45, 2.75) is 31.1 Å². The molecule has 0 aliphatic carbocycles. The first-order valence-corrected chi connectivity index (χ1v) is 8.13. The summed E-state index contributed by atoms with van der Waals surface area (Å²) in [6, 6.07) is 10.6. The predicted molar refractivity (Wildman–Crippen MR) is 83.5 cm³/mol. The number of benzene rings is 1. The average molecular weight is 272 g/mol. The number of thioether (sulfide) groups is 1. The lowest BCUT2D eigenvalue weighted by Gasteiger charge is -2.21. The predicted octanol–water partition coefficient (Wildman–Crippen LogP) is 3.61. The minimum atomic E-state index is 0.802. The van der Waals surface area contributed by atoms with Gasteiger partial charge in [0.2, 0.25) is 0 Å². The molecule has 1 aliphatic rings. The summed E-state index contributed by atoms with van der Waals surface area (Å²) in [4.78, 5) is 4.50. The normalized spacial score (nSPS) is 19.7. The molecule has 0 bridgehead atoms. The zero-order valence-electron chi connectivity index (χ0n) is 11.1. The van der Waals surface area contributed by atoms with Crippen LogP contribution in [0.4, 0.5) is 0 Å². The van der Waals surface area contributed by atoms with E-state index in [1.807, 2.05) is 12.3 Å². The maximum Gasteiger partial charge on any atom is 0.0746 e. The van der Waals surface area contributed by atoms with E-state index < -0.39 is 0 Å². The average Bonchev–Trinajstić information content (AvgIpc) is 2.49. The number of pyridine rings is 1. The number of nitrogens with one attached hydrogen (secondary N) is 1. The molecule has 2 heterocycles. The van der Waals surface area contributed by atoms with Gasteiger partial charge in [-0.15, -0.1) is 0 Å². The molecular weight excluding hydrogens is 252 g/mol. The van der Waals surface area contributed by atoms with Gasteiger partial charge in [-0.2, -0.15) is 11.8 Å². The van der Waals surface area contributed by atoms with Crippen LogP contribution in [0.5, 0.6) is 0 Å². The molecule has 0 saturated carbocycles. The second-order valence-electron chi connectivity index (χ2n) is 5.11. The summed E-state index contributed by atoms with van der Waals surface area (Å²) in [5, 5.41) is 5.64. The SMILES string of the molecule is c1cnc2c(CNCC3CCCCS3)cccc2c1. The van der Waals surface area contributed by atoms with Crippen LogP contribution >= 0.6 is 11.8 Å². The molecule has 1 unspecified atom stereocenters. The van der Waals surface area contributed by atoms with Crippen LogP contribution in [0.2, 0.25) is 0 Å². The standard InChI is InChI=1S/C16H20N2S/c1-2-10-19-15(8-1)12-17-11-14-6-3-5-13-7-4-9-18-16(13)14/h3-7,9,15,17H,1-2,8,10-12H2. The van der Waals surface area contributed by atoms with Crippen molar-refractivity contribution in [3.8, 4) is 0 Å². The molecule has 0 amide bonds. The largest absolute Gasteiger partial charge is 0.311 e. The summed E-state index contributed by atoms with van der Waals surface area (Å²) in [5.41, 5.74) is 2.44. The van der Waals surface area contributed by atoms with Crippen LogP contribution in [0.25, 0.3) is 10.9 Å². The lowest BCUT2D eigenvalue weighted by molar-refractivity contribution is 0.598. The first-order valence-electron chi connectivity index (χ1n) is 7.08. The van der Waals surface area contributed by atoms with Gasteiger partial charge in [-0.05, 0) is 30.2 Å². The molecule has 1 aromatic carbocycles. The summed E-state index contributed by atoms with van der Waals surface area (Å²) in [7, 11) is 0. The minimum Gasteiger partial charge on any atom is -0.311 e. The van der Waals surface area contributed by atoms with Crippen molar-refractivity contribution in [2.75, 3.05) is 12.3 Å². The van der Waals surface area contributed by atoms with Crippen molar-refractivity contribution < 1.29 is 0 Å². The van der Waals surface area contributed by atoms with Crippen molar-refractivity contribution in [1.82, 2.24) is 10.3 Å². The third-order valence-corrected chi connectivity index (χ3v) is 5.08. The zero-order valence-corrected chi connectivity index (χ0v) is 12.0. The van der Waals surface area contributed by atoms with Crippen LogP contribution in [0.3, 0.4) is 0 Å². The fourth-order valence-corrected chi connectivity index (χ4v) is 3.92. The van der Waals surface area contributed by atoms with E-state index >= 15 is 0 Å². The smallest absolute Gasteiger partial charge is 0.0746 e. The number of fused-ring (bicyclic) bond motifs is 1. The van der Waals surface area contributed by atoms with Gasteiger partial charge in [0.1, 0.15) is 0 Å². The van der Waals surface area contributed by atoms with Gasteiger partial charge in [0.05, 0.1) is 5.52 Å². The van der Waals surface area contributed by atoms with Crippen LogP contribution in [0.1, 0.15) is 24.8 Å². The molecule has 0 spiro atoms. The van der Waals surface area contributed by atoms with E-state index in [1.165, 1.54) is 36.0 Å². The number of rotatable bonds is 4. The van der Waals surface area contributed by atoms with Crippen LogP contribution in [0.15, 0.2) is 36.5 Å². The molecule has 1 fully saturated rings. The summed E-state index contributed by atoms with van der Waals surface area (Å²) in [6.45, 7) is 2.04. The van der Waals surface area contributed by atoms with Crippen molar-refractivity contribution in [2.24, 2.45) is 0 Å². The van der Waals surface area contributed by atoms with Gasteiger partial charge in [0.25, 0.3) is 0 Å². The van der Waals surface area contributed by atoms with Crippen molar-refractivity contribution in [3.63, 3.8) is 0 Å². The Morgan fingerprint density at radius 2 is 2.16 bits per heavy atom. The van der Waals surface area contributed by atoms with Gasteiger partial charge in [0, 0.05) is 29.9 Å². The molecule has 3 heteroatoms. The number of hydrogen-bond donors (Lipinski definition) is 1. The Morgan fingerprint density at radius 1 is 1.21 bits per heavy atom.